The Balaban J connectivity index is 3.06. The van der Waals surface area contributed by atoms with E-state index in [1.54, 1.807) is 6.92 Å². The van der Waals surface area contributed by atoms with Crippen molar-refractivity contribution < 1.29 is 14.7 Å². The van der Waals surface area contributed by atoms with Crippen LogP contribution in [0.15, 0.2) is 0 Å². The van der Waals surface area contributed by atoms with Crippen LogP contribution in [0.5, 0.6) is 0 Å². The molecule has 0 radical (unpaired) electrons. The fourth-order valence-electron chi connectivity index (χ4n) is 1.17. The van der Waals surface area contributed by atoms with Gasteiger partial charge >= 0.3 is 5.97 Å². The number of carboxylic acids is 1. The molecule has 1 amide bonds. The van der Waals surface area contributed by atoms with Crippen LogP contribution >= 0.6 is 11.3 Å². The minimum absolute atomic E-state index is 0.299. The summed E-state index contributed by atoms with van der Waals surface area (Å²) < 4.78 is 0. The number of thiazole rings is 1. The lowest BCUT2D eigenvalue weighted by atomic mass is 10.0. The van der Waals surface area contributed by atoms with Crippen LogP contribution in [0.1, 0.15) is 29.2 Å². The molecule has 7 heteroatoms. The number of nitrogens with zero attached hydrogens (tertiary/aromatic N) is 2. The largest absolute Gasteiger partial charge is 0.480 e. The molecule has 0 aliphatic rings. The zero-order chi connectivity index (χ0) is 13.4. The molecule has 1 aromatic heterocycles. The third-order valence-corrected chi connectivity index (χ3v) is 3.65. The number of hydrogen-bond donors (Lipinski definition) is 2. The van der Waals surface area contributed by atoms with Gasteiger partial charge in [-0.3, -0.25) is 4.79 Å². The Hall–Kier alpha value is -1.63. The van der Waals surface area contributed by atoms with E-state index >= 15 is 0 Å². The van der Waals surface area contributed by atoms with Crippen LogP contribution in [0.25, 0.3) is 0 Å². The maximum absolute atomic E-state index is 12.1. The maximum Gasteiger partial charge on any atom is 0.329 e. The van der Waals surface area contributed by atoms with Gasteiger partial charge in [0.1, 0.15) is 10.4 Å². The number of likely N-dealkylation sites (N-methyl/N-ethyl adjacent to an activating group) is 1. The second-order valence-electron chi connectivity index (χ2n) is 4.19. The molecule has 0 fully saturated rings. The molecule has 0 atom stereocenters. The molecule has 6 nitrogen and oxygen atoms in total. The van der Waals surface area contributed by atoms with Crippen molar-refractivity contribution >= 4 is 28.3 Å². The number of aryl methyl sites for hydroxylation is 1. The third kappa shape index (κ3) is 2.38. The Morgan fingerprint density at radius 1 is 1.47 bits per heavy atom. The van der Waals surface area contributed by atoms with Gasteiger partial charge in [0.05, 0.1) is 5.69 Å². The van der Waals surface area contributed by atoms with Crippen molar-refractivity contribution in [3.8, 4) is 0 Å². The first-order chi connectivity index (χ1) is 7.67. The summed E-state index contributed by atoms with van der Waals surface area (Å²) in [6.45, 7) is 4.60. The van der Waals surface area contributed by atoms with Gasteiger partial charge in [0.25, 0.3) is 5.91 Å². The minimum atomic E-state index is -1.28. The Morgan fingerprint density at radius 3 is 2.35 bits per heavy atom. The Bertz CT molecular complexity index is 467. The molecule has 0 bridgehead atoms. The zero-order valence-electron chi connectivity index (χ0n) is 10.1. The third-order valence-electron chi connectivity index (χ3n) is 2.67. The molecule has 1 rings (SSSR count). The first-order valence-corrected chi connectivity index (χ1v) is 5.74. The summed E-state index contributed by atoms with van der Waals surface area (Å²) in [4.78, 5) is 28.7. The fraction of sp³-hybridized carbons (Fsp3) is 0.500. The predicted molar refractivity (Wildman–Crippen MR) is 65.1 cm³/mol. The van der Waals surface area contributed by atoms with Crippen molar-refractivity contribution in [2.75, 3.05) is 12.8 Å². The molecule has 0 aliphatic heterocycles. The van der Waals surface area contributed by atoms with Crippen LogP contribution in [-0.2, 0) is 4.79 Å². The fourth-order valence-corrected chi connectivity index (χ4v) is 1.97. The van der Waals surface area contributed by atoms with E-state index in [-0.39, 0.29) is 5.91 Å². The second-order valence-corrected chi connectivity index (χ2v) is 5.23. The summed E-state index contributed by atoms with van der Waals surface area (Å²) >= 11 is 1.06. The Morgan fingerprint density at radius 2 is 2.00 bits per heavy atom. The van der Waals surface area contributed by atoms with Crippen molar-refractivity contribution in [1.29, 1.82) is 0 Å². The standard InChI is InChI=1S/C10H15N3O3S/c1-5-6(17-9(11)12-5)7(14)13(4)10(2,3)8(15)16/h1-4H3,(H2,11,12)(H,15,16). The molecule has 17 heavy (non-hydrogen) atoms. The molecule has 0 aliphatic carbocycles. The minimum Gasteiger partial charge on any atom is -0.480 e. The lowest BCUT2D eigenvalue weighted by Crippen LogP contribution is -2.50. The highest BCUT2D eigenvalue weighted by Gasteiger charge is 2.36. The highest BCUT2D eigenvalue weighted by Crippen LogP contribution is 2.24. The number of hydrogen-bond acceptors (Lipinski definition) is 5. The Kier molecular flexibility index (Phi) is 3.42. The lowest BCUT2D eigenvalue weighted by Gasteiger charge is -2.31. The quantitative estimate of drug-likeness (QED) is 0.841. The SMILES string of the molecule is Cc1nc(N)sc1C(=O)N(C)C(C)(C)C(=O)O. The first-order valence-electron chi connectivity index (χ1n) is 4.92. The van der Waals surface area contributed by atoms with Gasteiger partial charge in [-0.1, -0.05) is 11.3 Å². The smallest absolute Gasteiger partial charge is 0.329 e. The van der Waals surface area contributed by atoms with E-state index in [0.29, 0.717) is 15.7 Å². The van der Waals surface area contributed by atoms with Gasteiger partial charge < -0.3 is 15.7 Å². The molecular weight excluding hydrogens is 242 g/mol. The topological polar surface area (TPSA) is 96.5 Å². The molecule has 0 spiro atoms. The summed E-state index contributed by atoms with van der Waals surface area (Å²) in [6.07, 6.45) is 0. The number of aliphatic carboxylic acids is 1. The van der Waals surface area contributed by atoms with Crippen molar-refractivity contribution in [2.24, 2.45) is 0 Å². The molecule has 0 aromatic carbocycles. The molecule has 0 saturated carbocycles. The summed E-state index contributed by atoms with van der Waals surface area (Å²) in [5.41, 5.74) is 4.75. The van der Waals surface area contributed by atoms with Crippen LogP contribution in [0.3, 0.4) is 0 Å². The number of anilines is 1. The van der Waals surface area contributed by atoms with Crippen LogP contribution < -0.4 is 5.73 Å². The van der Waals surface area contributed by atoms with E-state index in [0.717, 1.165) is 11.3 Å². The number of rotatable bonds is 3. The number of amides is 1. The van der Waals surface area contributed by atoms with Gasteiger partial charge in [0.2, 0.25) is 0 Å². The van der Waals surface area contributed by atoms with E-state index < -0.39 is 11.5 Å². The average molecular weight is 257 g/mol. The number of carbonyl (C=O) groups is 2. The van der Waals surface area contributed by atoms with Crippen LogP contribution in [0, 0.1) is 6.92 Å². The van der Waals surface area contributed by atoms with Crippen LogP contribution in [-0.4, -0.2) is 39.5 Å². The zero-order valence-corrected chi connectivity index (χ0v) is 11.0. The number of carbonyl (C=O) groups excluding carboxylic acids is 1. The summed E-state index contributed by atoms with van der Waals surface area (Å²) in [5, 5.41) is 9.35. The van der Waals surface area contributed by atoms with Gasteiger partial charge in [-0.05, 0) is 20.8 Å². The average Bonchev–Trinajstić information content (AvgIpc) is 2.55. The summed E-state index contributed by atoms with van der Waals surface area (Å²) in [7, 11) is 1.45. The van der Waals surface area contributed by atoms with Gasteiger partial charge in [-0.25, -0.2) is 9.78 Å². The first kappa shape index (κ1) is 13.4. The van der Waals surface area contributed by atoms with Gasteiger partial charge in [0.15, 0.2) is 5.13 Å². The van der Waals surface area contributed by atoms with E-state index in [1.807, 2.05) is 0 Å². The van der Waals surface area contributed by atoms with Crippen molar-refractivity contribution in [1.82, 2.24) is 9.88 Å². The van der Waals surface area contributed by atoms with E-state index in [9.17, 15) is 9.59 Å². The van der Waals surface area contributed by atoms with Crippen LogP contribution in [0.2, 0.25) is 0 Å². The van der Waals surface area contributed by atoms with E-state index in [1.165, 1.54) is 25.8 Å². The van der Waals surface area contributed by atoms with Crippen molar-refractivity contribution in [2.45, 2.75) is 26.3 Å². The van der Waals surface area contributed by atoms with Gasteiger partial charge in [0, 0.05) is 7.05 Å². The Labute approximate surface area is 103 Å². The highest BCUT2D eigenvalue weighted by molar-refractivity contribution is 7.17. The molecule has 94 valence electrons. The molecule has 1 heterocycles. The van der Waals surface area contributed by atoms with E-state index in [2.05, 4.69) is 4.98 Å². The van der Waals surface area contributed by atoms with Gasteiger partial charge in [-0.15, -0.1) is 0 Å². The second kappa shape index (κ2) is 4.33. The number of nitrogen functional groups attached to an aromatic ring is 1. The molecule has 1 aromatic rings. The maximum atomic E-state index is 12.1. The van der Waals surface area contributed by atoms with Crippen LogP contribution in [0.4, 0.5) is 5.13 Å². The molecule has 3 N–H and O–H groups in total. The molecule has 0 saturated heterocycles. The molecule has 0 unspecified atom stereocenters. The lowest BCUT2D eigenvalue weighted by molar-refractivity contribution is -0.147. The van der Waals surface area contributed by atoms with Crippen molar-refractivity contribution in [3.63, 3.8) is 0 Å². The van der Waals surface area contributed by atoms with Crippen molar-refractivity contribution in [3.05, 3.63) is 10.6 Å². The molecular formula is C10H15N3O3S. The summed E-state index contributed by atoms with van der Waals surface area (Å²) in [5.74, 6) is -1.45. The number of carboxylic acid groups (broad SMARTS) is 1. The summed E-state index contributed by atoms with van der Waals surface area (Å²) in [6, 6.07) is 0. The predicted octanol–water partition coefficient (Wildman–Crippen LogP) is 0.969. The van der Waals surface area contributed by atoms with E-state index in [4.69, 9.17) is 10.8 Å². The number of nitrogens with two attached hydrogens (primary N) is 1. The van der Waals surface area contributed by atoms with Gasteiger partial charge in [-0.2, -0.15) is 0 Å². The highest BCUT2D eigenvalue weighted by atomic mass is 32.1. The monoisotopic (exact) mass is 257 g/mol. The normalized spacial score (nSPS) is 11.3. The number of aromatic nitrogens is 1.